The topological polar surface area (TPSA) is 93.0 Å². The number of aromatic nitrogens is 3. The van der Waals surface area contributed by atoms with Gasteiger partial charge in [-0.2, -0.15) is 13.8 Å². The van der Waals surface area contributed by atoms with Crippen LogP contribution in [0.4, 0.5) is 8.78 Å². The molecule has 1 aliphatic heterocycles. The van der Waals surface area contributed by atoms with Gasteiger partial charge in [0.1, 0.15) is 5.75 Å². The number of pyridine rings is 1. The van der Waals surface area contributed by atoms with E-state index in [9.17, 15) is 13.6 Å². The molecule has 27 heavy (non-hydrogen) atoms. The summed E-state index contributed by atoms with van der Waals surface area (Å²) < 4.78 is 33.9. The Kier molecular flexibility index (Phi) is 5.52. The number of fused-ring (bicyclic) bond motifs is 1. The SMILES string of the molecule is Cl.O=c1[nH]c2c(cc1-c1noc(-c3ccc(OC(F)F)cc3)n1)CNCC2. The van der Waals surface area contributed by atoms with Crippen molar-refractivity contribution in [2.45, 2.75) is 19.6 Å². The fraction of sp³-hybridized carbons (Fsp3) is 0.235. The number of H-pyrrole nitrogens is 1. The first-order valence-corrected chi connectivity index (χ1v) is 7.95. The smallest absolute Gasteiger partial charge is 0.387 e. The summed E-state index contributed by atoms with van der Waals surface area (Å²) in [5.74, 6) is 0.378. The molecular formula is C17H15ClF2N4O3. The molecule has 3 aromatic rings. The highest BCUT2D eigenvalue weighted by atomic mass is 35.5. The lowest BCUT2D eigenvalue weighted by atomic mass is 10.0. The summed E-state index contributed by atoms with van der Waals surface area (Å²) in [6, 6.07) is 7.56. The first kappa shape index (κ1) is 19.0. The zero-order valence-electron chi connectivity index (χ0n) is 13.9. The molecule has 0 saturated heterocycles. The quantitative estimate of drug-likeness (QED) is 0.704. The minimum Gasteiger partial charge on any atom is -0.435 e. The number of nitrogens with zero attached hydrogens (tertiary/aromatic N) is 2. The van der Waals surface area contributed by atoms with Crippen LogP contribution in [0.15, 0.2) is 39.6 Å². The van der Waals surface area contributed by atoms with E-state index in [1.54, 1.807) is 6.07 Å². The fourth-order valence-corrected chi connectivity index (χ4v) is 2.82. The summed E-state index contributed by atoms with van der Waals surface area (Å²) in [6.45, 7) is -1.41. The second-order valence-electron chi connectivity index (χ2n) is 5.77. The summed E-state index contributed by atoms with van der Waals surface area (Å²) in [6.07, 6.45) is 0.759. The molecule has 1 aliphatic rings. The summed E-state index contributed by atoms with van der Waals surface area (Å²) in [7, 11) is 0. The molecule has 4 rings (SSSR count). The second kappa shape index (κ2) is 7.85. The van der Waals surface area contributed by atoms with Crippen molar-refractivity contribution in [1.29, 1.82) is 0 Å². The van der Waals surface area contributed by atoms with Gasteiger partial charge in [0, 0.05) is 30.8 Å². The molecule has 0 atom stereocenters. The van der Waals surface area contributed by atoms with Crippen molar-refractivity contribution < 1.29 is 18.0 Å². The van der Waals surface area contributed by atoms with E-state index < -0.39 is 6.61 Å². The molecule has 2 aromatic heterocycles. The molecule has 142 valence electrons. The van der Waals surface area contributed by atoms with Crippen LogP contribution in [-0.2, 0) is 13.0 Å². The Morgan fingerprint density at radius 1 is 1.22 bits per heavy atom. The average Bonchev–Trinajstić information content (AvgIpc) is 3.11. The summed E-state index contributed by atoms with van der Waals surface area (Å²) in [4.78, 5) is 19.4. The van der Waals surface area contributed by atoms with Gasteiger partial charge in [0.2, 0.25) is 5.82 Å². The standard InChI is InChI=1S/C17H14F2N4O3.ClH/c18-17(19)25-11-3-1-9(2-4-11)16-22-14(23-26-16)12-7-10-8-20-6-5-13(10)21-15(12)24;/h1-4,7,17,20H,5-6,8H2,(H,21,24);1H. The lowest BCUT2D eigenvalue weighted by molar-refractivity contribution is -0.0498. The number of rotatable bonds is 4. The van der Waals surface area contributed by atoms with Crippen LogP contribution in [0.1, 0.15) is 11.3 Å². The number of hydrogen-bond acceptors (Lipinski definition) is 6. The van der Waals surface area contributed by atoms with Crippen LogP contribution in [0, 0.1) is 0 Å². The predicted octanol–water partition coefficient (Wildman–Crippen LogP) is 2.76. The normalized spacial score (nSPS) is 13.1. The van der Waals surface area contributed by atoms with E-state index in [0.717, 1.165) is 24.2 Å². The Bertz CT molecular complexity index is 989. The molecule has 0 saturated carbocycles. The highest BCUT2D eigenvalue weighted by Crippen LogP contribution is 2.24. The van der Waals surface area contributed by atoms with Crippen molar-refractivity contribution in [2.75, 3.05) is 6.54 Å². The third-order valence-corrected chi connectivity index (χ3v) is 4.08. The molecule has 2 N–H and O–H groups in total. The van der Waals surface area contributed by atoms with E-state index in [1.165, 1.54) is 24.3 Å². The molecule has 0 aliphatic carbocycles. The van der Waals surface area contributed by atoms with Crippen LogP contribution in [0.3, 0.4) is 0 Å². The van der Waals surface area contributed by atoms with E-state index in [0.29, 0.717) is 17.7 Å². The van der Waals surface area contributed by atoms with Gasteiger partial charge >= 0.3 is 6.61 Å². The second-order valence-corrected chi connectivity index (χ2v) is 5.77. The van der Waals surface area contributed by atoms with Crippen LogP contribution >= 0.6 is 12.4 Å². The highest BCUT2D eigenvalue weighted by Gasteiger charge is 2.18. The summed E-state index contributed by atoms with van der Waals surface area (Å²) >= 11 is 0. The first-order chi connectivity index (χ1) is 12.6. The average molecular weight is 397 g/mol. The van der Waals surface area contributed by atoms with Crippen molar-refractivity contribution in [2.24, 2.45) is 0 Å². The maximum absolute atomic E-state index is 12.3. The van der Waals surface area contributed by atoms with Crippen LogP contribution in [-0.4, -0.2) is 28.3 Å². The van der Waals surface area contributed by atoms with Crippen molar-refractivity contribution in [3.63, 3.8) is 0 Å². The number of aromatic amines is 1. The number of ether oxygens (including phenoxy) is 1. The number of halogens is 3. The van der Waals surface area contributed by atoms with Gasteiger partial charge in [0.05, 0.1) is 5.56 Å². The lowest BCUT2D eigenvalue weighted by Crippen LogP contribution is -2.27. The molecule has 1 aromatic carbocycles. The van der Waals surface area contributed by atoms with Crippen LogP contribution in [0.2, 0.25) is 0 Å². The van der Waals surface area contributed by atoms with Crippen molar-refractivity contribution in [3.05, 3.63) is 51.9 Å². The molecule has 0 unspecified atom stereocenters. The predicted molar refractivity (Wildman–Crippen MR) is 95.1 cm³/mol. The van der Waals surface area contributed by atoms with Crippen molar-refractivity contribution >= 4 is 12.4 Å². The third-order valence-electron chi connectivity index (χ3n) is 4.08. The van der Waals surface area contributed by atoms with Gasteiger partial charge in [-0.25, -0.2) is 0 Å². The van der Waals surface area contributed by atoms with Crippen LogP contribution in [0.25, 0.3) is 22.8 Å². The van der Waals surface area contributed by atoms with Gasteiger partial charge in [0.25, 0.3) is 11.4 Å². The van der Waals surface area contributed by atoms with Gasteiger partial charge in [-0.3, -0.25) is 4.79 Å². The lowest BCUT2D eigenvalue weighted by Gasteiger charge is -2.16. The monoisotopic (exact) mass is 396 g/mol. The molecule has 0 bridgehead atoms. The van der Waals surface area contributed by atoms with Gasteiger partial charge in [-0.1, -0.05) is 5.16 Å². The Hall–Kier alpha value is -2.78. The Morgan fingerprint density at radius 2 is 2.00 bits per heavy atom. The Morgan fingerprint density at radius 3 is 2.74 bits per heavy atom. The molecule has 3 heterocycles. The molecule has 7 nitrogen and oxygen atoms in total. The number of alkyl halides is 2. The molecule has 0 fully saturated rings. The Labute approximate surface area is 158 Å². The van der Waals surface area contributed by atoms with Gasteiger partial charge in [0.15, 0.2) is 0 Å². The van der Waals surface area contributed by atoms with E-state index in [-0.39, 0.29) is 35.4 Å². The maximum atomic E-state index is 12.3. The van der Waals surface area contributed by atoms with Crippen LogP contribution in [0.5, 0.6) is 5.75 Å². The minimum absolute atomic E-state index is 0. The molecule has 0 radical (unpaired) electrons. The molecular weight excluding hydrogens is 382 g/mol. The molecule has 0 amide bonds. The third kappa shape index (κ3) is 3.99. The van der Waals surface area contributed by atoms with E-state index >= 15 is 0 Å². The number of hydrogen-bond donors (Lipinski definition) is 2. The van der Waals surface area contributed by atoms with Crippen molar-refractivity contribution in [1.82, 2.24) is 20.4 Å². The number of nitrogens with one attached hydrogen (secondary N) is 2. The van der Waals surface area contributed by atoms with Gasteiger partial charge in [-0.05, 0) is 35.9 Å². The first-order valence-electron chi connectivity index (χ1n) is 7.95. The highest BCUT2D eigenvalue weighted by molar-refractivity contribution is 5.85. The summed E-state index contributed by atoms with van der Waals surface area (Å²) in [5.41, 5.74) is 2.47. The maximum Gasteiger partial charge on any atom is 0.387 e. The van der Waals surface area contributed by atoms with Gasteiger partial charge < -0.3 is 19.6 Å². The van der Waals surface area contributed by atoms with E-state index in [2.05, 4.69) is 25.2 Å². The Balaban J connectivity index is 0.00000210. The minimum atomic E-state index is -2.89. The number of benzene rings is 1. The fourth-order valence-electron chi connectivity index (χ4n) is 2.82. The van der Waals surface area contributed by atoms with Crippen LogP contribution < -0.4 is 15.6 Å². The largest absolute Gasteiger partial charge is 0.435 e. The van der Waals surface area contributed by atoms with E-state index in [4.69, 9.17) is 4.52 Å². The molecule has 10 heteroatoms. The summed E-state index contributed by atoms with van der Waals surface area (Å²) in [5, 5.41) is 7.10. The molecule has 0 spiro atoms. The zero-order valence-corrected chi connectivity index (χ0v) is 14.7. The van der Waals surface area contributed by atoms with E-state index in [1.807, 2.05) is 0 Å². The van der Waals surface area contributed by atoms with Gasteiger partial charge in [-0.15, -0.1) is 12.4 Å². The van der Waals surface area contributed by atoms with Crippen molar-refractivity contribution in [3.8, 4) is 28.6 Å². The zero-order chi connectivity index (χ0) is 18.1.